The van der Waals surface area contributed by atoms with E-state index in [0.29, 0.717) is 25.2 Å². The van der Waals surface area contributed by atoms with Crippen LogP contribution in [0.25, 0.3) is 11.0 Å². The minimum atomic E-state index is -0.622. The van der Waals surface area contributed by atoms with Gasteiger partial charge in [0.1, 0.15) is 11.1 Å². The molecular weight excluding hydrogens is 308 g/mol. The molecule has 0 aliphatic rings. The Morgan fingerprint density at radius 3 is 2.67 bits per heavy atom. The van der Waals surface area contributed by atoms with Crippen molar-refractivity contribution in [1.29, 1.82) is 0 Å². The number of benzene rings is 1. The van der Waals surface area contributed by atoms with Crippen molar-refractivity contribution in [2.45, 2.75) is 20.3 Å². The summed E-state index contributed by atoms with van der Waals surface area (Å²) in [5.74, 6) is -0.422. The van der Waals surface area contributed by atoms with Crippen LogP contribution in [0.5, 0.6) is 0 Å². The standard InChI is InChI=1S/C18H24N2O4/c1-4-20(5-2)14-8-7-13-11-15(18(22)24-16(13)12-14)17(21)19-9-6-10-23-3/h7-8,11-12H,4-6,9-10H2,1-3H3,(H,19,21). The number of nitrogens with one attached hydrogen (secondary N) is 1. The Morgan fingerprint density at radius 1 is 1.25 bits per heavy atom. The van der Waals surface area contributed by atoms with Gasteiger partial charge in [0.05, 0.1) is 0 Å². The minimum absolute atomic E-state index is 0.0236. The first-order chi connectivity index (χ1) is 11.6. The fourth-order valence-corrected chi connectivity index (χ4v) is 2.56. The molecule has 1 amide bonds. The van der Waals surface area contributed by atoms with Crippen molar-refractivity contribution >= 4 is 22.6 Å². The first-order valence-electron chi connectivity index (χ1n) is 8.20. The van der Waals surface area contributed by atoms with E-state index in [1.807, 2.05) is 18.2 Å². The smallest absolute Gasteiger partial charge is 0.349 e. The Morgan fingerprint density at radius 2 is 2.00 bits per heavy atom. The maximum Gasteiger partial charge on any atom is 0.349 e. The molecule has 6 nitrogen and oxygen atoms in total. The third-order valence-electron chi connectivity index (χ3n) is 3.90. The molecule has 0 radical (unpaired) electrons. The molecule has 0 fully saturated rings. The Labute approximate surface area is 141 Å². The molecule has 24 heavy (non-hydrogen) atoms. The van der Waals surface area contributed by atoms with Crippen LogP contribution >= 0.6 is 0 Å². The van der Waals surface area contributed by atoms with E-state index in [-0.39, 0.29) is 5.56 Å². The summed E-state index contributed by atoms with van der Waals surface area (Å²) in [6, 6.07) is 7.26. The van der Waals surface area contributed by atoms with Crippen LogP contribution in [0, 0.1) is 0 Å². The van der Waals surface area contributed by atoms with E-state index in [0.717, 1.165) is 24.2 Å². The van der Waals surface area contributed by atoms with E-state index in [9.17, 15) is 9.59 Å². The number of hydrogen-bond acceptors (Lipinski definition) is 5. The van der Waals surface area contributed by atoms with Crippen molar-refractivity contribution in [3.63, 3.8) is 0 Å². The van der Waals surface area contributed by atoms with Crippen LogP contribution in [0.15, 0.2) is 33.5 Å². The first kappa shape index (κ1) is 18.0. The number of carbonyl (C=O) groups excluding carboxylic acids is 1. The van der Waals surface area contributed by atoms with Crippen LogP contribution in [0.4, 0.5) is 5.69 Å². The summed E-state index contributed by atoms with van der Waals surface area (Å²) in [5.41, 5.74) is 0.881. The molecule has 1 aromatic heterocycles. The molecule has 0 aliphatic heterocycles. The highest BCUT2D eigenvalue weighted by Gasteiger charge is 2.14. The Balaban J connectivity index is 2.25. The summed E-state index contributed by atoms with van der Waals surface area (Å²) < 4.78 is 10.3. The molecule has 2 rings (SSSR count). The van der Waals surface area contributed by atoms with Crippen LogP contribution in [0.2, 0.25) is 0 Å². The van der Waals surface area contributed by atoms with Gasteiger partial charge in [-0.15, -0.1) is 0 Å². The zero-order chi connectivity index (χ0) is 17.5. The maximum absolute atomic E-state index is 12.1. The van der Waals surface area contributed by atoms with Crippen LogP contribution in [0.3, 0.4) is 0 Å². The quantitative estimate of drug-likeness (QED) is 0.594. The average Bonchev–Trinajstić information content (AvgIpc) is 2.59. The first-order valence-corrected chi connectivity index (χ1v) is 8.20. The molecular formula is C18H24N2O4. The zero-order valence-electron chi connectivity index (χ0n) is 14.4. The van der Waals surface area contributed by atoms with E-state index in [4.69, 9.17) is 9.15 Å². The zero-order valence-corrected chi connectivity index (χ0v) is 14.4. The van der Waals surface area contributed by atoms with Crippen molar-refractivity contribution in [3.05, 3.63) is 40.2 Å². The fraction of sp³-hybridized carbons (Fsp3) is 0.444. The Kier molecular flexibility index (Phi) is 6.37. The maximum atomic E-state index is 12.1. The van der Waals surface area contributed by atoms with Gasteiger partial charge in [-0.25, -0.2) is 4.79 Å². The molecule has 0 unspecified atom stereocenters. The van der Waals surface area contributed by atoms with Gasteiger partial charge in [0.15, 0.2) is 0 Å². The average molecular weight is 332 g/mol. The van der Waals surface area contributed by atoms with Crippen LogP contribution in [0.1, 0.15) is 30.6 Å². The fourth-order valence-electron chi connectivity index (χ4n) is 2.56. The number of ether oxygens (including phenoxy) is 1. The van der Waals surface area contributed by atoms with Gasteiger partial charge in [-0.2, -0.15) is 0 Å². The van der Waals surface area contributed by atoms with Gasteiger partial charge in [0.25, 0.3) is 5.91 Å². The molecule has 0 saturated carbocycles. The van der Waals surface area contributed by atoms with Crippen molar-refractivity contribution in [2.75, 3.05) is 38.3 Å². The lowest BCUT2D eigenvalue weighted by Gasteiger charge is -2.21. The lowest BCUT2D eigenvalue weighted by Crippen LogP contribution is -2.29. The van der Waals surface area contributed by atoms with E-state index >= 15 is 0 Å². The normalized spacial score (nSPS) is 10.8. The predicted octanol–water partition coefficient (Wildman–Crippen LogP) is 2.41. The Bertz CT molecular complexity index is 750. The van der Waals surface area contributed by atoms with Gasteiger partial charge in [-0.1, -0.05) is 0 Å². The molecule has 1 N–H and O–H groups in total. The third kappa shape index (κ3) is 4.14. The van der Waals surface area contributed by atoms with E-state index in [1.54, 1.807) is 13.2 Å². The third-order valence-corrected chi connectivity index (χ3v) is 3.90. The van der Waals surface area contributed by atoms with Crippen molar-refractivity contribution < 1.29 is 13.9 Å². The number of anilines is 1. The number of rotatable bonds is 8. The summed E-state index contributed by atoms with van der Waals surface area (Å²) in [5, 5.41) is 3.43. The summed E-state index contributed by atoms with van der Waals surface area (Å²) in [7, 11) is 1.60. The topological polar surface area (TPSA) is 71.8 Å². The molecule has 0 spiro atoms. The molecule has 2 aromatic rings. The predicted molar refractivity (Wildman–Crippen MR) is 94.9 cm³/mol. The Hall–Kier alpha value is -2.34. The van der Waals surface area contributed by atoms with Crippen LogP contribution < -0.4 is 15.8 Å². The number of hydrogen-bond donors (Lipinski definition) is 1. The van der Waals surface area contributed by atoms with Crippen LogP contribution in [-0.4, -0.2) is 39.3 Å². The SMILES string of the molecule is CCN(CC)c1ccc2cc(C(=O)NCCCOC)c(=O)oc2c1. The van der Waals surface area contributed by atoms with E-state index in [1.165, 1.54) is 0 Å². The number of carbonyl (C=O) groups is 1. The molecule has 6 heteroatoms. The lowest BCUT2D eigenvalue weighted by atomic mass is 10.1. The molecule has 0 bridgehead atoms. The second-order valence-corrected chi connectivity index (χ2v) is 5.44. The minimum Gasteiger partial charge on any atom is -0.422 e. The monoisotopic (exact) mass is 332 g/mol. The molecule has 1 heterocycles. The molecule has 0 atom stereocenters. The number of fused-ring (bicyclic) bond motifs is 1. The van der Waals surface area contributed by atoms with Gasteiger partial charge in [-0.3, -0.25) is 4.79 Å². The molecule has 130 valence electrons. The van der Waals surface area contributed by atoms with Gasteiger partial charge in [0, 0.05) is 50.5 Å². The number of nitrogens with zero attached hydrogens (tertiary/aromatic N) is 1. The number of amides is 1. The van der Waals surface area contributed by atoms with Crippen molar-refractivity contribution in [2.24, 2.45) is 0 Å². The second-order valence-electron chi connectivity index (χ2n) is 5.44. The molecule has 1 aromatic carbocycles. The van der Waals surface area contributed by atoms with Crippen molar-refractivity contribution in [3.8, 4) is 0 Å². The van der Waals surface area contributed by atoms with Gasteiger partial charge in [0.2, 0.25) is 0 Å². The van der Waals surface area contributed by atoms with Crippen molar-refractivity contribution in [1.82, 2.24) is 5.32 Å². The van der Waals surface area contributed by atoms with E-state index in [2.05, 4.69) is 24.1 Å². The summed E-state index contributed by atoms with van der Waals surface area (Å²) in [4.78, 5) is 26.4. The largest absolute Gasteiger partial charge is 0.422 e. The second kappa shape index (κ2) is 8.49. The van der Waals surface area contributed by atoms with Gasteiger partial charge >= 0.3 is 5.63 Å². The number of methoxy groups -OCH3 is 1. The van der Waals surface area contributed by atoms with Gasteiger partial charge < -0.3 is 19.4 Å². The van der Waals surface area contributed by atoms with E-state index < -0.39 is 11.5 Å². The van der Waals surface area contributed by atoms with Gasteiger partial charge in [-0.05, 0) is 38.5 Å². The summed E-state index contributed by atoms with van der Waals surface area (Å²) in [6.07, 6.45) is 0.689. The molecule has 0 aliphatic carbocycles. The van der Waals surface area contributed by atoms with Crippen LogP contribution in [-0.2, 0) is 4.74 Å². The highest BCUT2D eigenvalue weighted by molar-refractivity contribution is 5.96. The summed E-state index contributed by atoms with van der Waals surface area (Å²) in [6.45, 7) is 6.88. The lowest BCUT2D eigenvalue weighted by molar-refractivity contribution is 0.0945. The summed E-state index contributed by atoms with van der Waals surface area (Å²) >= 11 is 0. The molecule has 0 saturated heterocycles. The highest BCUT2D eigenvalue weighted by atomic mass is 16.5. The highest BCUT2D eigenvalue weighted by Crippen LogP contribution is 2.21.